The van der Waals surface area contributed by atoms with Crippen LogP contribution in [0.4, 0.5) is 4.39 Å². The Morgan fingerprint density at radius 3 is 2.88 bits per heavy atom. The number of rotatable bonds is 7. The van der Waals surface area contributed by atoms with Crippen molar-refractivity contribution in [1.29, 1.82) is 0 Å². The van der Waals surface area contributed by atoms with E-state index in [-0.39, 0.29) is 12.4 Å². The molecule has 0 aliphatic heterocycles. The Balaban J connectivity index is 2.39. The van der Waals surface area contributed by atoms with Crippen molar-refractivity contribution in [3.8, 4) is 0 Å². The molecule has 1 aromatic carbocycles. The van der Waals surface area contributed by atoms with Crippen LogP contribution in [0.5, 0.6) is 0 Å². The Bertz CT molecular complexity index is 349. The molecule has 0 unspecified atom stereocenters. The number of hydrogen-bond donors (Lipinski definition) is 1. The fourth-order valence-corrected chi connectivity index (χ4v) is 1.62. The molecule has 0 bridgehead atoms. The lowest BCUT2D eigenvalue weighted by Crippen LogP contribution is -2.23. The highest BCUT2D eigenvalue weighted by molar-refractivity contribution is 6.30. The summed E-state index contributed by atoms with van der Waals surface area (Å²) in [6.07, 6.45) is 0. The third-order valence-corrected chi connectivity index (χ3v) is 2.54. The van der Waals surface area contributed by atoms with Gasteiger partial charge in [-0.1, -0.05) is 11.6 Å². The minimum Gasteiger partial charge on any atom is -0.394 e. The summed E-state index contributed by atoms with van der Waals surface area (Å²) in [7, 11) is 1.88. The van der Waals surface area contributed by atoms with E-state index in [9.17, 15) is 4.39 Å². The molecule has 0 heterocycles. The summed E-state index contributed by atoms with van der Waals surface area (Å²) in [4.78, 5) is 1.94. The summed E-state index contributed by atoms with van der Waals surface area (Å²) in [5.41, 5.74) is 0.571. The molecular weight excluding hydrogens is 245 g/mol. The van der Waals surface area contributed by atoms with Gasteiger partial charge in [0.1, 0.15) is 5.82 Å². The Morgan fingerprint density at radius 2 is 2.18 bits per heavy atom. The zero-order valence-corrected chi connectivity index (χ0v) is 10.6. The van der Waals surface area contributed by atoms with Crippen LogP contribution >= 0.6 is 11.6 Å². The van der Waals surface area contributed by atoms with Crippen LogP contribution in [0.15, 0.2) is 18.2 Å². The van der Waals surface area contributed by atoms with E-state index in [1.165, 1.54) is 12.1 Å². The molecule has 0 fully saturated rings. The molecule has 0 aromatic heterocycles. The van der Waals surface area contributed by atoms with Crippen molar-refractivity contribution >= 4 is 11.6 Å². The predicted octanol–water partition coefficient (Wildman–Crippen LogP) is 1.92. The summed E-state index contributed by atoms with van der Waals surface area (Å²) < 4.78 is 18.6. The van der Waals surface area contributed by atoms with E-state index >= 15 is 0 Å². The molecule has 1 aromatic rings. The second-order valence-corrected chi connectivity index (χ2v) is 4.25. The minimum absolute atomic E-state index is 0.0205. The van der Waals surface area contributed by atoms with Crippen LogP contribution in [0.25, 0.3) is 0 Å². The second-order valence-electron chi connectivity index (χ2n) is 3.81. The van der Waals surface area contributed by atoms with E-state index in [2.05, 4.69) is 0 Å². The molecule has 0 saturated carbocycles. The van der Waals surface area contributed by atoms with Crippen molar-refractivity contribution < 1.29 is 14.2 Å². The number of aliphatic hydroxyl groups excluding tert-OH is 1. The summed E-state index contributed by atoms with van der Waals surface area (Å²) in [5.74, 6) is -0.252. The highest BCUT2D eigenvalue weighted by Gasteiger charge is 2.06. The van der Waals surface area contributed by atoms with Crippen molar-refractivity contribution in [2.75, 3.05) is 33.4 Å². The Labute approximate surface area is 106 Å². The van der Waals surface area contributed by atoms with Gasteiger partial charge in [0.2, 0.25) is 0 Å². The van der Waals surface area contributed by atoms with Crippen molar-refractivity contribution in [2.24, 2.45) is 0 Å². The first kappa shape index (κ1) is 14.4. The van der Waals surface area contributed by atoms with E-state index in [0.29, 0.717) is 36.9 Å². The first-order valence-electron chi connectivity index (χ1n) is 5.44. The Kier molecular flexibility index (Phi) is 6.44. The van der Waals surface area contributed by atoms with Crippen molar-refractivity contribution in [3.63, 3.8) is 0 Å². The highest BCUT2D eigenvalue weighted by atomic mass is 35.5. The van der Waals surface area contributed by atoms with Crippen molar-refractivity contribution in [2.45, 2.75) is 6.54 Å². The first-order chi connectivity index (χ1) is 8.13. The smallest absolute Gasteiger partial charge is 0.127 e. The first-order valence-corrected chi connectivity index (χ1v) is 5.82. The lowest BCUT2D eigenvalue weighted by atomic mass is 10.2. The van der Waals surface area contributed by atoms with E-state index < -0.39 is 0 Å². The highest BCUT2D eigenvalue weighted by Crippen LogP contribution is 2.16. The van der Waals surface area contributed by atoms with Crippen LogP contribution < -0.4 is 0 Å². The molecule has 17 heavy (non-hydrogen) atoms. The van der Waals surface area contributed by atoms with Gasteiger partial charge in [-0.05, 0) is 25.2 Å². The topological polar surface area (TPSA) is 32.7 Å². The van der Waals surface area contributed by atoms with Crippen LogP contribution in [0.3, 0.4) is 0 Å². The molecular formula is C12H17ClFNO2. The van der Waals surface area contributed by atoms with Gasteiger partial charge < -0.3 is 9.84 Å². The quantitative estimate of drug-likeness (QED) is 0.762. The van der Waals surface area contributed by atoms with Gasteiger partial charge in [-0.15, -0.1) is 0 Å². The van der Waals surface area contributed by atoms with Crippen LogP contribution in [-0.4, -0.2) is 43.4 Å². The number of hydrogen-bond acceptors (Lipinski definition) is 3. The number of halogens is 2. The van der Waals surface area contributed by atoms with Crippen LogP contribution in [0, 0.1) is 5.82 Å². The summed E-state index contributed by atoms with van der Waals surface area (Å²) in [6.45, 7) is 2.02. The molecule has 96 valence electrons. The third-order valence-electron chi connectivity index (χ3n) is 2.30. The lowest BCUT2D eigenvalue weighted by molar-refractivity contribution is 0.0771. The lowest BCUT2D eigenvalue weighted by Gasteiger charge is -2.17. The maximum absolute atomic E-state index is 13.4. The monoisotopic (exact) mass is 261 g/mol. The van der Waals surface area contributed by atoms with Gasteiger partial charge in [0.15, 0.2) is 0 Å². The number of nitrogens with zero attached hydrogens (tertiary/aromatic N) is 1. The standard InChI is InChI=1S/C12H17ClFNO2/c1-15(4-6-17-7-5-16)9-10-8-11(13)2-3-12(10)14/h2-3,8,16H,4-7,9H2,1H3. The van der Waals surface area contributed by atoms with Gasteiger partial charge in [0, 0.05) is 23.7 Å². The zero-order valence-electron chi connectivity index (χ0n) is 9.83. The Hall–Kier alpha value is -0.680. The fourth-order valence-electron chi connectivity index (χ4n) is 1.42. The maximum Gasteiger partial charge on any atom is 0.127 e. The molecule has 0 aliphatic carbocycles. The van der Waals surface area contributed by atoms with E-state index in [0.717, 1.165) is 0 Å². The SMILES string of the molecule is CN(CCOCCO)Cc1cc(Cl)ccc1F. The third kappa shape index (κ3) is 5.46. The molecule has 0 aliphatic rings. The summed E-state index contributed by atoms with van der Waals surface area (Å²) in [6, 6.07) is 4.53. The van der Waals surface area contributed by atoms with Crippen molar-refractivity contribution in [1.82, 2.24) is 4.90 Å². The second kappa shape index (κ2) is 7.61. The molecule has 0 amide bonds. The maximum atomic E-state index is 13.4. The average molecular weight is 262 g/mol. The minimum atomic E-state index is -0.252. The van der Waals surface area contributed by atoms with Crippen molar-refractivity contribution in [3.05, 3.63) is 34.6 Å². The summed E-state index contributed by atoms with van der Waals surface area (Å²) in [5, 5.41) is 9.06. The Morgan fingerprint density at radius 1 is 1.41 bits per heavy atom. The molecule has 0 saturated heterocycles. The predicted molar refractivity (Wildman–Crippen MR) is 65.6 cm³/mol. The van der Waals surface area contributed by atoms with Gasteiger partial charge in [0.25, 0.3) is 0 Å². The number of likely N-dealkylation sites (N-methyl/N-ethyl adjacent to an activating group) is 1. The molecule has 0 radical (unpaired) electrons. The molecule has 5 heteroatoms. The largest absolute Gasteiger partial charge is 0.394 e. The normalized spacial score (nSPS) is 11.1. The van der Waals surface area contributed by atoms with E-state index in [1.54, 1.807) is 6.07 Å². The summed E-state index contributed by atoms with van der Waals surface area (Å²) >= 11 is 5.81. The van der Waals surface area contributed by atoms with E-state index in [4.69, 9.17) is 21.4 Å². The molecule has 0 spiro atoms. The van der Waals surface area contributed by atoms with Gasteiger partial charge in [-0.3, -0.25) is 4.90 Å². The molecule has 0 atom stereocenters. The number of ether oxygens (including phenoxy) is 1. The fraction of sp³-hybridized carbons (Fsp3) is 0.500. The molecule has 1 rings (SSSR count). The van der Waals surface area contributed by atoms with Crippen LogP contribution in [0.1, 0.15) is 5.56 Å². The van der Waals surface area contributed by atoms with Gasteiger partial charge >= 0.3 is 0 Å². The average Bonchev–Trinajstić information content (AvgIpc) is 2.29. The zero-order chi connectivity index (χ0) is 12.7. The number of aliphatic hydroxyl groups is 1. The number of benzene rings is 1. The van der Waals surface area contributed by atoms with Gasteiger partial charge in [-0.25, -0.2) is 4.39 Å². The molecule has 3 nitrogen and oxygen atoms in total. The molecule has 1 N–H and O–H groups in total. The van der Waals surface area contributed by atoms with Gasteiger partial charge in [-0.2, -0.15) is 0 Å². The van der Waals surface area contributed by atoms with E-state index in [1.807, 2.05) is 11.9 Å². The van der Waals surface area contributed by atoms with Gasteiger partial charge in [0.05, 0.1) is 19.8 Å². The van der Waals surface area contributed by atoms with Crippen LogP contribution in [-0.2, 0) is 11.3 Å². The van der Waals surface area contributed by atoms with Crippen LogP contribution in [0.2, 0.25) is 5.02 Å².